The van der Waals surface area contributed by atoms with E-state index < -0.39 is 0 Å². The Bertz CT molecular complexity index is 1070. The fraction of sp³-hybridized carbons (Fsp3) is 0.217. The molecule has 0 spiro atoms. The van der Waals surface area contributed by atoms with Crippen molar-refractivity contribution in [2.24, 2.45) is 0 Å². The number of nitrogens with zero attached hydrogens (tertiary/aromatic N) is 2. The predicted molar refractivity (Wildman–Crippen MR) is 119 cm³/mol. The molecule has 0 aliphatic heterocycles. The molecule has 0 fully saturated rings. The third kappa shape index (κ3) is 4.54. The molecular weight excluding hydrogens is 382 g/mol. The zero-order chi connectivity index (χ0) is 21.1. The summed E-state index contributed by atoms with van der Waals surface area (Å²) >= 11 is 1.09. The molecule has 29 heavy (non-hydrogen) atoms. The van der Waals surface area contributed by atoms with Gasteiger partial charge in [-0.15, -0.1) is 0 Å². The van der Waals surface area contributed by atoms with Crippen molar-refractivity contribution in [3.63, 3.8) is 0 Å². The Kier molecular flexibility index (Phi) is 6.13. The number of thioether (sulfide) groups is 1. The SMILES string of the molecule is Cc1cccc(-n2c(C)cc(C(=O)Nc3ccccc3SC(=O)N(C)C)c2C)c1. The maximum Gasteiger partial charge on any atom is 0.286 e. The van der Waals surface area contributed by atoms with E-state index in [0.717, 1.165) is 34.4 Å². The number of hydrogen-bond acceptors (Lipinski definition) is 3. The van der Waals surface area contributed by atoms with Crippen LogP contribution in [0.3, 0.4) is 0 Å². The molecule has 3 aromatic rings. The van der Waals surface area contributed by atoms with Gasteiger partial charge in [0.15, 0.2) is 0 Å². The summed E-state index contributed by atoms with van der Waals surface area (Å²) in [5.41, 5.74) is 5.30. The van der Waals surface area contributed by atoms with Crippen LogP contribution in [0.4, 0.5) is 10.5 Å². The average molecular weight is 408 g/mol. The molecule has 150 valence electrons. The lowest BCUT2D eigenvalue weighted by Gasteiger charge is -2.13. The van der Waals surface area contributed by atoms with Gasteiger partial charge in [0, 0.05) is 36.1 Å². The summed E-state index contributed by atoms with van der Waals surface area (Å²) in [5.74, 6) is -0.192. The minimum absolute atomic E-state index is 0.0932. The molecule has 0 radical (unpaired) electrons. The van der Waals surface area contributed by atoms with Gasteiger partial charge in [-0.3, -0.25) is 9.59 Å². The molecule has 1 heterocycles. The number of amides is 2. The van der Waals surface area contributed by atoms with E-state index in [-0.39, 0.29) is 11.1 Å². The highest BCUT2D eigenvalue weighted by Gasteiger charge is 2.19. The number of hydrogen-bond donors (Lipinski definition) is 1. The third-order valence-corrected chi connectivity index (χ3v) is 5.75. The predicted octanol–water partition coefficient (Wildman–Crippen LogP) is 5.43. The standard InChI is InChI=1S/C23H25N3O2S/c1-15-9-8-10-18(13-15)26-16(2)14-19(17(26)3)22(27)24-20-11-6-7-12-21(20)29-23(28)25(4)5/h6-14H,1-5H3,(H,24,27). The number of carbonyl (C=O) groups is 2. The van der Waals surface area contributed by atoms with Crippen LogP contribution in [0.1, 0.15) is 27.3 Å². The first-order valence-electron chi connectivity index (χ1n) is 9.33. The Morgan fingerprint density at radius 1 is 0.966 bits per heavy atom. The van der Waals surface area contributed by atoms with Gasteiger partial charge in [0.1, 0.15) is 0 Å². The number of aromatic nitrogens is 1. The van der Waals surface area contributed by atoms with E-state index in [2.05, 4.69) is 28.9 Å². The quantitative estimate of drug-likeness (QED) is 0.587. The number of para-hydroxylation sites is 1. The lowest BCUT2D eigenvalue weighted by Crippen LogP contribution is -2.17. The Hall–Kier alpha value is -2.99. The number of anilines is 1. The minimum atomic E-state index is -0.192. The highest BCUT2D eigenvalue weighted by Crippen LogP contribution is 2.30. The van der Waals surface area contributed by atoms with Crippen molar-refractivity contribution < 1.29 is 9.59 Å². The molecular formula is C23H25N3O2S. The molecule has 0 aliphatic carbocycles. The first-order chi connectivity index (χ1) is 13.8. The second kappa shape index (κ2) is 8.57. The van der Waals surface area contributed by atoms with Crippen LogP contribution in [0.5, 0.6) is 0 Å². The molecule has 0 atom stereocenters. The summed E-state index contributed by atoms with van der Waals surface area (Å²) in [4.78, 5) is 27.3. The lowest BCUT2D eigenvalue weighted by molar-refractivity contribution is 0.102. The van der Waals surface area contributed by atoms with Crippen LogP contribution in [0.2, 0.25) is 0 Å². The van der Waals surface area contributed by atoms with E-state index in [1.807, 2.05) is 56.3 Å². The van der Waals surface area contributed by atoms with Crippen molar-refractivity contribution in [3.8, 4) is 5.69 Å². The summed E-state index contributed by atoms with van der Waals surface area (Å²) in [5, 5.41) is 2.88. The number of carbonyl (C=O) groups excluding carboxylic acids is 2. The maximum absolute atomic E-state index is 13.0. The van der Waals surface area contributed by atoms with Gasteiger partial charge in [0.05, 0.1) is 11.3 Å². The van der Waals surface area contributed by atoms with Crippen LogP contribution in [0.15, 0.2) is 59.5 Å². The van der Waals surface area contributed by atoms with Crippen LogP contribution in [-0.4, -0.2) is 34.7 Å². The van der Waals surface area contributed by atoms with Crippen molar-refractivity contribution in [2.45, 2.75) is 25.7 Å². The van der Waals surface area contributed by atoms with Crippen molar-refractivity contribution in [1.29, 1.82) is 0 Å². The molecule has 6 heteroatoms. The number of nitrogens with one attached hydrogen (secondary N) is 1. The number of aryl methyl sites for hydroxylation is 2. The first kappa shape index (κ1) is 20.7. The van der Waals surface area contributed by atoms with Gasteiger partial charge in [-0.05, 0) is 68.4 Å². The smallest absolute Gasteiger partial charge is 0.286 e. The van der Waals surface area contributed by atoms with E-state index in [0.29, 0.717) is 16.1 Å². The van der Waals surface area contributed by atoms with E-state index in [1.165, 1.54) is 4.90 Å². The third-order valence-electron chi connectivity index (χ3n) is 4.63. The molecule has 1 N–H and O–H groups in total. The summed E-state index contributed by atoms with van der Waals surface area (Å²) < 4.78 is 2.08. The van der Waals surface area contributed by atoms with Crippen LogP contribution in [0.25, 0.3) is 5.69 Å². The number of benzene rings is 2. The van der Waals surface area contributed by atoms with Gasteiger partial charge in [0.25, 0.3) is 11.1 Å². The topological polar surface area (TPSA) is 54.3 Å². The molecule has 0 unspecified atom stereocenters. The molecule has 0 saturated heterocycles. The zero-order valence-electron chi connectivity index (χ0n) is 17.3. The molecule has 3 rings (SSSR count). The van der Waals surface area contributed by atoms with Gasteiger partial charge in [0.2, 0.25) is 0 Å². The van der Waals surface area contributed by atoms with E-state index in [4.69, 9.17) is 0 Å². The summed E-state index contributed by atoms with van der Waals surface area (Å²) in [7, 11) is 3.41. The van der Waals surface area contributed by atoms with Crippen LogP contribution in [0, 0.1) is 20.8 Å². The van der Waals surface area contributed by atoms with E-state index >= 15 is 0 Å². The molecule has 5 nitrogen and oxygen atoms in total. The molecule has 2 amide bonds. The fourth-order valence-electron chi connectivity index (χ4n) is 3.19. The van der Waals surface area contributed by atoms with E-state index in [1.54, 1.807) is 14.1 Å². The summed E-state index contributed by atoms with van der Waals surface area (Å²) in [6, 6.07) is 17.4. The Labute approximate surface area is 175 Å². The van der Waals surface area contributed by atoms with Gasteiger partial charge in [-0.25, -0.2) is 0 Å². The highest BCUT2D eigenvalue weighted by molar-refractivity contribution is 8.13. The normalized spacial score (nSPS) is 10.7. The largest absolute Gasteiger partial charge is 0.339 e. The van der Waals surface area contributed by atoms with Gasteiger partial charge in [-0.1, -0.05) is 24.3 Å². The monoisotopic (exact) mass is 407 g/mol. The second-order valence-electron chi connectivity index (χ2n) is 7.17. The van der Waals surface area contributed by atoms with Gasteiger partial charge in [-0.2, -0.15) is 0 Å². The van der Waals surface area contributed by atoms with Crippen LogP contribution < -0.4 is 5.32 Å². The molecule has 0 bridgehead atoms. The molecule has 0 aliphatic rings. The van der Waals surface area contributed by atoms with Crippen LogP contribution in [-0.2, 0) is 0 Å². The molecule has 0 saturated carbocycles. The summed E-state index contributed by atoms with van der Waals surface area (Å²) in [6.45, 7) is 5.99. The summed E-state index contributed by atoms with van der Waals surface area (Å²) in [6.07, 6.45) is 0. The highest BCUT2D eigenvalue weighted by atomic mass is 32.2. The second-order valence-corrected chi connectivity index (χ2v) is 8.17. The lowest BCUT2D eigenvalue weighted by atomic mass is 10.2. The number of rotatable bonds is 4. The van der Waals surface area contributed by atoms with Crippen molar-refractivity contribution >= 4 is 28.6 Å². The van der Waals surface area contributed by atoms with Crippen LogP contribution >= 0.6 is 11.8 Å². The van der Waals surface area contributed by atoms with Gasteiger partial charge < -0.3 is 14.8 Å². The van der Waals surface area contributed by atoms with Gasteiger partial charge >= 0.3 is 0 Å². The molecule has 2 aromatic carbocycles. The van der Waals surface area contributed by atoms with Crippen molar-refractivity contribution in [1.82, 2.24) is 9.47 Å². The van der Waals surface area contributed by atoms with E-state index in [9.17, 15) is 9.59 Å². The average Bonchev–Trinajstić information content (AvgIpc) is 2.97. The first-order valence-corrected chi connectivity index (χ1v) is 10.1. The molecule has 1 aromatic heterocycles. The Morgan fingerprint density at radius 3 is 2.38 bits per heavy atom. The fourth-order valence-corrected chi connectivity index (χ4v) is 3.94. The Morgan fingerprint density at radius 2 is 1.69 bits per heavy atom. The van der Waals surface area contributed by atoms with Crippen molar-refractivity contribution in [3.05, 3.63) is 77.1 Å². The minimum Gasteiger partial charge on any atom is -0.339 e. The van der Waals surface area contributed by atoms with Crippen molar-refractivity contribution in [2.75, 3.05) is 19.4 Å². The zero-order valence-corrected chi connectivity index (χ0v) is 18.1. The Balaban J connectivity index is 1.90. The maximum atomic E-state index is 13.0.